The topological polar surface area (TPSA) is 70.7 Å². The molecule has 0 atom stereocenters. The van der Waals surface area contributed by atoms with Crippen molar-refractivity contribution in [3.05, 3.63) is 0 Å². The van der Waals surface area contributed by atoms with Crippen molar-refractivity contribution in [3.63, 3.8) is 0 Å². The number of amides is 2. The number of piperidine rings is 1. The maximum atomic E-state index is 12.1. The minimum Gasteiger partial charge on any atom is -0.444 e. The summed E-state index contributed by atoms with van der Waals surface area (Å²) in [5.74, 6) is 1.24. The van der Waals surface area contributed by atoms with Crippen molar-refractivity contribution in [1.29, 1.82) is 0 Å². The highest BCUT2D eigenvalue weighted by Crippen LogP contribution is 2.19. The molecule has 2 N–H and O–H groups in total. The average molecular weight is 311 g/mol. The van der Waals surface area contributed by atoms with Gasteiger partial charge < -0.3 is 20.3 Å². The van der Waals surface area contributed by atoms with Gasteiger partial charge in [0.2, 0.25) is 5.91 Å². The zero-order valence-electron chi connectivity index (χ0n) is 14.0. The Labute approximate surface area is 132 Å². The summed E-state index contributed by atoms with van der Waals surface area (Å²) < 4.78 is 5.23. The third kappa shape index (κ3) is 5.48. The number of likely N-dealkylation sites (tertiary alicyclic amines) is 1. The molecular weight excluding hydrogens is 282 g/mol. The van der Waals surface area contributed by atoms with Crippen LogP contribution in [0.5, 0.6) is 0 Å². The Kier molecular flexibility index (Phi) is 5.67. The smallest absolute Gasteiger partial charge is 0.407 e. The van der Waals surface area contributed by atoms with E-state index < -0.39 is 5.60 Å². The van der Waals surface area contributed by atoms with Crippen LogP contribution >= 0.6 is 0 Å². The summed E-state index contributed by atoms with van der Waals surface area (Å²) in [6.07, 6.45) is 2.21. The molecule has 2 aliphatic heterocycles. The van der Waals surface area contributed by atoms with Gasteiger partial charge in [-0.25, -0.2) is 4.79 Å². The predicted molar refractivity (Wildman–Crippen MR) is 84.5 cm³/mol. The number of carbonyl (C=O) groups excluding carboxylic acids is 2. The lowest BCUT2D eigenvalue weighted by Gasteiger charge is -2.34. The average Bonchev–Trinajstić information content (AvgIpc) is 2.39. The third-order valence-corrected chi connectivity index (χ3v) is 4.23. The van der Waals surface area contributed by atoms with Gasteiger partial charge in [0.1, 0.15) is 5.60 Å². The quantitative estimate of drug-likeness (QED) is 0.822. The first-order valence-corrected chi connectivity index (χ1v) is 8.29. The van der Waals surface area contributed by atoms with E-state index in [-0.39, 0.29) is 12.0 Å². The first-order chi connectivity index (χ1) is 10.3. The second-order valence-corrected chi connectivity index (χ2v) is 7.44. The highest BCUT2D eigenvalue weighted by molar-refractivity contribution is 5.76. The highest BCUT2D eigenvalue weighted by Gasteiger charge is 2.27. The summed E-state index contributed by atoms with van der Waals surface area (Å²) in [6.45, 7) is 9.75. The Morgan fingerprint density at radius 2 is 1.82 bits per heavy atom. The fourth-order valence-corrected chi connectivity index (χ4v) is 2.80. The molecular formula is C16H29N3O3. The molecule has 0 radical (unpaired) electrons. The van der Waals surface area contributed by atoms with E-state index in [9.17, 15) is 9.59 Å². The van der Waals surface area contributed by atoms with Crippen LogP contribution < -0.4 is 10.6 Å². The summed E-state index contributed by atoms with van der Waals surface area (Å²) in [4.78, 5) is 25.7. The maximum absolute atomic E-state index is 12.1. The molecule has 2 saturated heterocycles. The number of nitrogens with one attached hydrogen (secondary N) is 2. The van der Waals surface area contributed by atoms with Crippen LogP contribution in [0, 0.1) is 11.8 Å². The van der Waals surface area contributed by atoms with Crippen LogP contribution in [0.1, 0.15) is 40.0 Å². The van der Waals surface area contributed by atoms with Gasteiger partial charge in [-0.2, -0.15) is 0 Å². The van der Waals surface area contributed by atoms with Gasteiger partial charge in [-0.15, -0.1) is 0 Å². The predicted octanol–water partition coefficient (Wildman–Crippen LogP) is 1.36. The van der Waals surface area contributed by atoms with E-state index >= 15 is 0 Å². The molecule has 6 heteroatoms. The second kappa shape index (κ2) is 7.31. The number of rotatable bonds is 4. The maximum Gasteiger partial charge on any atom is 0.407 e. The summed E-state index contributed by atoms with van der Waals surface area (Å²) in [5.41, 5.74) is -0.462. The number of ether oxygens (including phenoxy) is 1. The molecule has 0 aromatic carbocycles. The van der Waals surface area contributed by atoms with Gasteiger partial charge in [0, 0.05) is 26.1 Å². The Bertz CT molecular complexity index is 394. The van der Waals surface area contributed by atoms with Gasteiger partial charge >= 0.3 is 6.09 Å². The lowest BCUT2D eigenvalue weighted by atomic mass is 9.94. The van der Waals surface area contributed by atoms with Crippen LogP contribution in [-0.4, -0.2) is 55.2 Å². The van der Waals surface area contributed by atoms with E-state index in [2.05, 4.69) is 10.6 Å². The fourth-order valence-electron chi connectivity index (χ4n) is 2.80. The SMILES string of the molecule is CC(C)(C)OC(=O)NCC1CCN(C(=O)CC2CNC2)CC1. The van der Waals surface area contributed by atoms with E-state index in [4.69, 9.17) is 4.74 Å². The number of alkyl carbamates (subject to hydrolysis) is 1. The number of hydrogen-bond acceptors (Lipinski definition) is 4. The molecule has 0 aromatic heterocycles. The molecule has 0 saturated carbocycles. The van der Waals surface area contributed by atoms with Crippen molar-refractivity contribution in [3.8, 4) is 0 Å². The Morgan fingerprint density at radius 3 is 2.32 bits per heavy atom. The molecule has 0 aromatic rings. The molecule has 0 bridgehead atoms. The van der Waals surface area contributed by atoms with Crippen molar-refractivity contribution in [1.82, 2.24) is 15.5 Å². The lowest BCUT2D eigenvalue weighted by molar-refractivity contribution is -0.134. The molecule has 0 unspecified atom stereocenters. The highest BCUT2D eigenvalue weighted by atomic mass is 16.6. The Balaban J connectivity index is 1.62. The van der Waals surface area contributed by atoms with Crippen LogP contribution in [-0.2, 0) is 9.53 Å². The zero-order chi connectivity index (χ0) is 16.2. The molecule has 22 heavy (non-hydrogen) atoms. The van der Waals surface area contributed by atoms with Gasteiger partial charge in [-0.1, -0.05) is 0 Å². The van der Waals surface area contributed by atoms with E-state index in [1.807, 2.05) is 25.7 Å². The van der Waals surface area contributed by atoms with Gasteiger partial charge in [0.25, 0.3) is 0 Å². The molecule has 126 valence electrons. The van der Waals surface area contributed by atoms with E-state index in [1.165, 1.54) is 0 Å². The largest absolute Gasteiger partial charge is 0.444 e. The summed E-state index contributed by atoms with van der Waals surface area (Å²) in [7, 11) is 0. The summed E-state index contributed by atoms with van der Waals surface area (Å²) in [6, 6.07) is 0. The van der Waals surface area contributed by atoms with E-state index in [0.717, 1.165) is 39.0 Å². The van der Waals surface area contributed by atoms with Crippen molar-refractivity contribution < 1.29 is 14.3 Å². The van der Waals surface area contributed by atoms with Crippen molar-refractivity contribution in [2.45, 2.75) is 45.6 Å². The van der Waals surface area contributed by atoms with Crippen LogP contribution in [0.3, 0.4) is 0 Å². The van der Waals surface area contributed by atoms with Crippen molar-refractivity contribution >= 4 is 12.0 Å². The normalized spacial score (nSPS) is 20.4. The van der Waals surface area contributed by atoms with Gasteiger partial charge in [-0.05, 0) is 58.5 Å². The minimum absolute atomic E-state index is 0.282. The monoisotopic (exact) mass is 311 g/mol. The van der Waals surface area contributed by atoms with Gasteiger partial charge in [0.05, 0.1) is 0 Å². The Hall–Kier alpha value is -1.30. The van der Waals surface area contributed by atoms with Crippen LogP contribution in [0.15, 0.2) is 0 Å². The van der Waals surface area contributed by atoms with E-state index in [1.54, 1.807) is 0 Å². The second-order valence-electron chi connectivity index (χ2n) is 7.44. The van der Waals surface area contributed by atoms with Crippen molar-refractivity contribution in [2.24, 2.45) is 11.8 Å². The number of hydrogen-bond donors (Lipinski definition) is 2. The summed E-state index contributed by atoms with van der Waals surface area (Å²) >= 11 is 0. The third-order valence-electron chi connectivity index (χ3n) is 4.23. The standard InChI is InChI=1S/C16H29N3O3/c1-16(2,3)22-15(21)18-11-12-4-6-19(7-5-12)14(20)8-13-9-17-10-13/h12-13,17H,4-11H2,1-3H3,(H,18,21). The van der Waals surface area contributed by atoms with Crippen molar-refractivity contribution in [2.75, 3.05) is 32.7 Å². The molecule has 6 nitrogen and oxygen atoms in total. The molecule has 2 heterocycles. The van der Waals surface area contributed by atoms with Crippen LogP contribution in [0.4, 0.5) is 4.79 Å². The zero-order valence-corrected chi connectivity index (χ0v) is 14.0. The lowest BCUT2D eigenvalue weighted by Crippen LogP contribution is -2.47. The number of carbonyl (C=O) groups is 2. The molecule has 2 fully saturated rings. The first kappa shape index (κ1) is 17.1. The van der Waals surface area contributed by atoms with Crippen LogP contribution in [0.2, 0.25) is 0 Å². The molecule has 2 aliphatic rings. The van der Waals surface area contributed by atoms with Gasteiger partial charge in [0.15, 0.2) is 0 Å². The molecule has 0 spiro atoms. The molecule has 2 amide bonds. The minimum atomic E-state index is -0.462. The first-order valence-electron chi connectivity index (χ1n) is 8.29. The van der Waals surface area contributed by atoms with Crippen LogP contribution in [0.25, 0.3) is 0 Å². The molecule has 0 aliphatic carbocycles. The van der Waals surface area contributed by atoms with E-state index in [0.29, 0.717) is 24.8 Å². The fraction of sp³-hybridized carbons (Fsp3) is 0.875. The summed E-state index contributed by atoms with van der Waals surface area (Å²) in [5, 5.41) is 6.03. The Morgan fingerprint density at radius 1 is 1.18 bits per heavy atom. The molecule has 2 rings (SSSR count). The number of nitrogens with zero attached hydrogens (tertiary/aromatic N) is 1. The van der Waals surface area contributed by atoms with Gasteiger partial charge in [-0.3, -0.25) is 4.79 Å².